The number of carboxylic acids is 1. The van der Waals surface area contributed by atoms with Crippen molar-refractivity contribution in [2.75, 3.05) is 12.4 Å². The van der Waals surface area contributed by atoms with E-state index in [4.69, 9.17) is 15.6 Å². The predicted molar refractivity (Wildman–Crippen MR) is 63.4 cm³/mol. The third-order valence-corrected chi connectivity index (χ3v) is 3.38. The van der Waals surface area contributed by atoms with E-state index in [-0.39, 0.29) is 11.2 Å². The largest absolute Gasteiger partial charge is 0.480 e. The first kappa shape index (κ1) is 15.2. The van der Waals surface area contributed by atoms with Gasteiger partial charge in [-0.1, -0.05) is 6.92 Å². The lowest BCUT2D eigenvalue weighted by molar-refractivity contribution is -0.142. The molecule has 2 unspecified atom stereocenters. The van der Waals surface area contributed by atoms with E-state index >= 15 is 0 Å². The molecule has 0 rings (SSSR count). The van der Waals surface area contributed by atoms with E-state index < -0.39 is 12.0 Å². The van der Waals surface area contributed by atoms with E-state index in [1.54, 1.807) is 6.92 Å². The monoisotopic (exact) mass is 249 g/mol. The molecular formula is C10H19NO4S. The Hall–Kier alpha value is -0.750. The Bertz CT molecular complexity index is 235. The van der Waals surface area contributed by atoms with Crippen LogP contribution in [0.2, 0.25) is 0 Å². The van der Waals surface area contributed by atoms with Crippen LogP contribution in [0.1, 0.15) is 26.7 Å². The standard InChI is InChI=1S/C10H19NO4S/c1-3-8(10(14)15-4-2)16-6-5-7(11)9(12)13/h7-8H,3-6,11H2,1-2H3,(H,12,13). The number of hydrogen-bond donors (Lipinski definition) is 2. The first-order valence-electron chi connectivity index (χ1n) is 5.29. The summed E-state index contributed by atoms with van der Waals surface area (Å²) in [5, 5.41) is 8.35. The predicted octanol–water partition coefficient (Wildman–Crippen LogP) is 0.863. The molecule has 0 fully saturated rings. The van der Waals surface area contributed by atoms with E-state index in [0.717, 1.165) is 0 Å². The highest BCUT2D eigenvalue weighted by atomic mass is 32.2. The fourth-order valence-corrected chi connectivity index (χ4v) is 2.16. The van der Waals surface area contributed by atoms with Gasteiger partial charge in [-0.15, -0.1) is 11.8 Å². The Morgan fingerprint density at radius 3 is 2.50 bits per heavy atom. The molecule has 0 aliphatic rings. The van der Waals surface area contributed by atoms with Crippen molar-refractivity contribution in [1.29, 1.82) is 0 Å². The summed E-state index contributed by atoms with van der Waals surface area (Å²) in [5.41, 5.74) is 5.35. The summed E-state index contributed by atoms with van der Waals surface area (Å²) in [6.45, 7) is 4.02. The van der Waals surface area contributed by atoms with Crippen molar-refractivity contribution >= 4 is 23.7 Å². The third-order valence-electron chi connectivity index (χ3n) is 1.99. The molecule has 0 aromatic rings. The van der Waals surface area contributed by atoms with E-state index in [1.165, 1.54) is 11.8 Å². The number of rotatable bonds is 8. The van der Waals surface area contributed by atoms with Crippen LogP contribution < -0.4 is 5.73 Å². The van der Waals surface area contributed by atoms with Crippen LogP contribution in [0.4, 0.5) is 0 Å². The minimum Gasteiger partial charge on any atom is -0.480 e. The molecule has 16 heavy (non-hydrogen) atoms. The lowest BCUT2D eigenvalue weighted by Crippen LogP contribution is -2.31. The maximum atomic E-state index is 11.4. The molecule has 0 heterocycles. The van der Waals surface area contributed by atoms with Crippen LogP contribution in [0.3, 0.4) is 0 Å². The second-order valence-corrected chi connectivity index (χ2v) is 4.56. The normalized spacial score (nSPS) is 14.2. The molecular weight excluding hydrogens is 230 g/mol. The van der Waals surface area contributed by atoms with Crippen molar-refractivity contribution in [3.8, 4) is 0 Å². The number of esters is 1. The number of carbonyl (C=O) groups is 2. The quantitative estimate of drug-likeness (QED) is 0.620. The van der Waals surface area contributed by atoms with E-state index in [1.807, 2.05) is 6.92 Å². The van der Waals surface area contributed by atoms with Crippen molar-refractivity contribution in [2.24, 2.45) is 5.73 Å². The topological polar surface area (TPSA) is 89.6 Å². The van der Waals surface area contributed by atoms with Gasteiger partial charge in [0, 0.05) is 0 Å². The van der Waals surface area contributed by atoms with E-state index in [9.17, 15) is 9.59 Å². The van der Waals surface area contributed by atoms with Crippen LogP contribution in [0, 0.1) is 0 Å². The number of nitrogens with two attached hydrogens (primary N) is 1. The molecule has 0 aromatic carbocycles. The number of hydrogen-bond acceptors (Lipinski definition) is 5. The van der Waals surface area contributed by atoms with Gasteiger partial charge in [0.2, 0.25) is 0 Å². The molecule has 3 N–H and O–H groups in total. The highest BCUT2D eigenvalue weighted by molar-refractivity contribution is 8.00. The summed E-state index contributed by atoms with van der Waals surface area (Å²) in [4.78, 5) is 21.8. The molecule has 0 aromatic heterocycles. The SMILES string of the molecule is CCOC(=O)C(CC)SCCC(N)C(=O)O. The van der Waals surface area contributed by atoms with Gasteiger partial charge in [-0.2, -0.15) is 0 Å². The van der Waals surface area contributed by atoms with Gasteiger partial charge in [-0.3, -0.25) is 9.59 Å². The van der Waals surface area contributed by atoms with Crippen molar-refractivity contribution < 1.29 is 19.4 Å². The number of aliphatic carboxylic acids is 1. The minimum absolute atomic E-state index is 0.221. The maximum Gasteiger partial charge on any atom is 0.320 e. The lowest BCUT2D eigenvalue weighted by atomic mass is 10.2. The van der Waals surface area contributed by atoms with Gasteiger partial charge in [0.1, 0.15) is 11.3 Å². The molecule has 0 spiro atoms. The van der Waals surface area contributed by atoms with Crippen LogP contribution in [0.15, 0.2) is 0 Å². The van der Waals surface area contributed by atoms with Gasteiger partial charge in [0.25, 0.3) is 0 Å². The number of thioether (sulfide) groups is 1. The number of carbonyl (C=O) groups excluding carboxylic acids is 1. The maximum absolute atomic E-state index is 11.4. The molecule has 0 aliphatic heterocycles. The van der Waals surface area contributed by atoms with Crippen molar-refractivity contribution in [1.82, 2.24) is 0 Å². The fourth-order valence-electron chi connectivity index (χ4n) is 1.05. The summed E-state index contributed by atoms with van der Waals surface area (Å²) in [7, 11) is 0. The number of carboxylic acid groups (broad SMARTS) is 1. The zero-order valence-electron chi connectivity index (χ0n) is 9.64. The van der Waals surface area contributed by atoms with Gasteiger partial charge in [0.05, 0.1) is 6.61 Å². The second kappa shape index (κ2) is 8.41. The summed E-state index contributed by atoms with van der Waals surface area (Å²) >= 11 is 1.40. The first-order chi connectivity index (χ1) is 7.52. The summed E-state index contributed by atoms with van der Waals surface area (Å²) in [6, 6.07) is -0.854. The Kier molecular flexibility index (Phi) is 8.01. The molecule has 0 aliphatic carbocycles. The Labute approximate surface area is 99.7 Å². The van der Waals surface area contributed by atoms with Gasteiger partial charge < -0.3 is 15.6 Å². The second-order valence-electron chi connectivity index (χ2n) is 3.25. The zero-order valence-corrected chi connectivity index (χ0v) is 10.5. The summed E-state index contributed by atoms with van der Waals surface area (Å²) < 4.78 is 4.89. The summed E-state index contributed by atoms with van der Waals surface area (Å²) in [5.74, 6) is -0.700. The average molecular weight is 249 g/mol. The van der Waals surface area contributed by atoms with E-state index in [0.29, 0.717) is 25.2 Å². The highest BCUT2D eigenvalue weighted by Gasteiger charge is 2.19. The molecule has 0 saturated carbocycles. The lowest BCUT2D eigenvalue weighted by Gasteiger charge is -2.13. The van der Waals surface area contributed by atoms with Crippen molar-refractivity contribution in [3.05, 3.63) is 0 Å². The Morgan fingerprint density at radius 1 is 1.44 bits per heavy atom. The molecule has 0 bridgehead atoms. The Morgan fingerprint density at radius 2 is 2.06 bits per heavy atom. The van der Waals surface area contributed by atoms with Crippen LogP contribution in [0.25, 0.3) is 0 Å². The van der Waals surface area contributed by atoms with Crippen LogP contribution in [-0.2, 0) is 14.3 Å². The molecule has 0 radical (unpaired) electrons. The van der Waals surface area contributed by atoms with Gasteiger partial charge in [0.15, 0.2) is 0 Å². The van der Waals surface area contributed by atoms with Crippen LogP contribution in [0.5, 0.6) is 0 Å². The molecule has 94 valence electrons. The average Bonchev–Trinajstić information content (AvgIpc) is 2.24. The fraction of sp³-hybridized carbons (Fsp3) is 0.800. The minimum atomic E-state index is -1.01. The van der Waals surface area contributed by atoms with Crippen molar-refractivity contribution in [2.45, 2.75) is 38.0 Å². The van der Waals surface area contributed by atoms with Gasteiger partial charge >= 0.3 is 11.9 Å². The van der Waals surface area contributed by atoms with E-state index in [2.05, 4.69) is 0 Å². The summed E-state index contributed by atoms with van der Waals surface area (Å²) in [6.07, 6.45) is 1.03. The molecule has 0 saturated heterocycles. The van der Waals surface area contributed by atoms with Gasteiger partial charge in [-0.05, 0) is 25.5 Å². The molecule has 2 atom stereocenters. The smallest absolute Gasteiger partial charge is 0.320 e. The molecule has 6 heteroatoms. The van der Waals surface area contributed by atoms with Crippen LogP contribution in [-0.4, -0.2) is 40.7 Å². The number of ether oxygens (including phenoxy) is 1. The van der Waals surface area contributed by atoms with Crippen molar-refractivity contribution in [3.63, 3.8) is 0 Å². The van der Waals surface area contributed by atoms with Gasteiger partial charge in [-0.25, -0.2) is 0 Å². The zero-order chi connectivity index (χ0) is 12.6. The first-order valence-corrected chi connectivity index (χ1v) is 6.34. The highest BCUT2D eigenvalue weighted by Crippen LogP contribution is 2.17. The Balaban J connectivity index is 3.87. The third kappa shape index (κ3) is 5.97. The molecule has 0 amide bonds. The van der Waals surface area contributed by atoms with Crippen LogP contribution >= 0.6 is 11.8 Å². The molecule has 5 nitrogen and oxygen atoms in total.